The van der Waals surface area contributed by atoms with Crippen molar-refractivity contribution >= 4 is 49.3 Å². The monoisotopic (exact) mass is 575 g/mol. The fourth-order valence-electron chi connectivity index (χ4n) is 7.10. The van der Waals surface area contributed by atoms with Crippen molar-refractivity contribution in [3.05, 3.63) is 164 Å². The van der Waals surface area contributed by atoms with Gasteiger partial charge in [-0.15, -0.1) is 0 Å². The molecule has 9 rings (SSSR count). The largest absolute Gasteiger partial charge is 0.398 e. The minimum Gasteiger partial charge on any atom is -0.398 e. The summed E-state index contributed by atoms with van der Waals surface area (Å²) < 4.78 is 4.70. The van der Waals surface area contributed by atoms with Gasteiger partial charge in [-0.3, -0.25) is 0 Å². The van der Waals surface area contributed by atoms with Crippen LogP contribution in [0.2, 0.25) is 0 Å². The van der Waals surface area contributed by atoms with Gasteiger partial charge < -0.3 is 14.9 Å². The predicted molar refractivity (Wildman–Crippen MR) is 190 cm³/mol. The maximum absolute atomic E-state index is 7.03. The van der Waals surface area contributed by atoms with Crippen LogP contribution in [0.5, 0.6) is 0 Å². The minimum absolute atomic E-state index is 0.774. The molecule has 0 aliphatic rings. The number of nitrogens with two attached hydrogens (primary N) is 1. The van der Waals surface area contributed by atoms with E-state index in [0.717, 1.165) is 39.3 Å². The van der Waals surface area contributed by atoms with Gasteiger partial charge in [0.25, 0.3) is 0 Å². The van der Waals surface area contributed by atoms with Crippen molar-refractivity contribution < 1.29 is 0 Å². The summed E-state index contributed by atoms with van der Waals surface area (Å²) in [5.41, 5.74) is 19.0. The Morgan fingerprint density at radius 2 is 0.667 bits per heavy atom. The molecule has 45 heavy (non-hydrogen) atoms. The number of anilines is 1. The molecule has 0 amide bonds. The van der Waals surface area contributed by atoms with E-state index in [1.807, 2.05) is 0 Å². The van der Waals surface area contributed by atoms with Crippen molar-refractivity contribution in [3.63, 3.8) is 0 Å². The van der Waals surface area contributed by atoms with Gasteiger partial charge in [0, 0.05) is 49.7 Å². The number of benzene rings is 7. The standard InChI is InChI=1S/C42H29N3/c43-42-32(28-12-9-14-30(26-28)44-38-22-5-1-16-34(38)35-17-2-6-23-39(35)44)20-11-21-33(42)29-13-10-15-31(27-29)45-40-24-7-3-18-36(40)37-19-4-8-25-41(37)45/h1-27H,43H2. The van der Waals surface area contributed by atoms with Crippen LogP contribution in [0.4, 0.5) is 5.69 Å². The Bertz CT molecular complexity index is 2280. The highest BCUT2D eigenvalue weighted by Crippen LogP contribution is 2.39. The number of nitrogens with zero attached hydrogens (tertiary/aromatic N) is 2. The van der Waals surface area contributed by atoms with Crippen LogP contribution in [0.25, 0.3) is 77.2 Å². The lowest BCUT2D eigenvalue weighted by Crippen LogP contribution is -1.98. The molecule has 0 aliphatic carbocycles. The lowest BCUT2D eigenvalue weighted by Gasteiger charge is -2.15. The molecule has 0 radical (unpaired) electrons. The zero-order chi connectivity index (χ0) is 29.9. The fourth-order valence-corrected chi connectivity index (χ4v) is 7.10. The predicted octanol–water partition coefficient (Wildman–Crippen LogP) is 10.8. The number of nitrogen functional groups attached to an aromatic ring is 1. The molecule has 0 aliphatic heterocycles. The van der Waals surface area contributed by atoms with E-state index in [9.17, 15) is 0 Å². The lowest BCUT2D eigenvalue weighted by atomic mass is 9.95. The highest BCUT2D eigenvalue weighted by Gasteiger charge is 2.16. The van der Waals surface area contributed by atoms with Gasteiger partial charge in [0.1, 0.15) is 0 Å². The zero-order valence-corrected chi connectivity index (χ0v) is 24.6. The molecule has 2 heterocycles. The van der Waals surface area contributed by atoms with Gasteiger partial charge in [0.05, 0.1) is 22.1 Å². The number of hydrogen-bond acceptors (Lipinski definition) is 1. The molecule has 0 fully saturated rings. The van der Waals surface area contributed by atoms with Gasteiger partial charge in [-0.05, 0) is 59.7 Å². The third-order valence-electron chi connectivity index (χ3n) is 9.10. The molecule has 2 N–H and O–H groups in total. The van der Waals surface area contributed by atoms with Crippen LogP contribution in [-0.4, -0.2) is 9.13 Å². The highest BCUT2D eigenvalue weighted by atomic mass is 15.0. The van der Waals surface area contributed by atoms with Gasteiger partial charge in [-0.1, -0.05) is 115 Å². The maximum Gasteiger partial charge on any atom is 0.0541 e. The summed E-state index contributed by atoms with van der Waals surface area (Å²) in [6, 6.07) is 58.2. The van der Waals surface area contributed by atoms with Crippen molar-refractivity contribution in [1.29, 1.82) is 0 Å². The summed E-state index contributed by atoms with van der Waals surface area (Å²) in [5.74, 6) is 0. The molecule has 0 unspecified atom stereocenters. The Kier molecular flexibility index (Phi) is 5.66. The molecule has 0 saturated carbocycles. The third kappa shape index (κ3) is 3.91. The van der Waals surface area contributed by atoms with E-state index in [0.29, 0.717) is 0 Å². The number of hydrogen-bond donors (Lipinski definition) is 1. The summed E-state index contributed by atoms with van der Waals surface area (Å²) in [7, 11) is 0. The van der Waals surface area contributed by atoms with E-state index in [-0.39, 0.29) is 0 Å². The SMILES string of the molecule is Nc1c(-c2cccc(-n3c4ccccc4c4ccccc43)c2)cccc1-c1cccc(-n2c3ccccc3c3ccccc32)c1. The Labute approximate surface area is 261 Å². The zero-order valence-electron chi connectivity index (χ0n) is 24.6. The summed E-state index contributed by atoms with van der Waals surface area (Å²) in [6.07, 6.45) is 0. The first-order valence-corrected chi connectivity index (χ1v) is 15.3. The number of para-hydroxylation sites is 5. The normalized spacial score (nSPS) is 11.6. The smallest absolute Gasteiger partial charge is 0.0541 e. The Hall–Kier alpha value is -6.06. The number of fused-ring (bicyclic) bond motifs is 6. The first kappa shape index (κ1) is 25.4. The quantitative estimate of drug-likeness (QED) is 0.208. The van der Waals surface area contributed by atoms with Gasteiger partial charge in [0.15, 0.2) is 0 Å². The molecule has 3 heteroatoms. The average Bonchev–Trinajstić information content (AvgIpc) is 3.62. The molecule has 2 aromatic heterocycles. The molecular weight excluding hydrogens is 546 g/mol. The second kappa shape index (κ2) is 10.0. The lowest BCUT2D eigenvalue weighted by molar-refractivity contribution is 1.18. The molecule has 9 aromatic rings. The van der Waals surface area contributed by atoms with Crippen LogP contribution >= 0.6 is 0 Å². The molecule has 0 spiro atoms. The second-order valence-corrected chi connectivity index (χ2v) is 11.6. The first-order valence-electron chi connectivity index (χ1n) is 15.3. The van der Waals surface area contributed by atoms with Crippen molar-refractivity contribution in [2.24, 2.45) is 0 Å². The van der Waals surface area contributed by atoms with Crippen LogP contribution < -0.4 is 5.73 Å². The molecule has 0 bridgehead atoms. The van der Waals surface area contributed by atoms with Crippen molar-refractivity contribution in [2.45, 2.75) is 0 Å². The van der Waals surface area contributed by atoms with E-state index in [1.165, 1.54) is 43.6 Å². The molecular formula is C42H29N3. The molecule has 7 aromatic carbocycles. The van der Waals surface area contributed by atoms with Crippen molar-refractivity contribution in [1.82, 2.24) is 9.13 Å². The van der Waals surface area contributed by atoms with Gasteiger partial charge in [-0.2, -0.15) is 0 Å². The van der Waals surface area contributed by atoms with E-state index in [1.54, 1.807) is 0 Å². The maximum atomic E-state index is 7.03. The van der Waals surface area contributed by atoms with Crippen LogP contribution in [0.3, 0.4) is 0 Å². The highest BCUT2D eigenvalue weighted by molar-refractivity contribution is 6.10. The first-order chi connectivity index (χ1) is 22.3. The fraction of sp³-hybridized carbons (Fsp3) is 0. The summed E-state index contributed by atoms with van der Waals surface area (Å²) in [5, 5.41) is 5.01. The molecule has 0 saturated heterocycles. The van der Waals surface area contributed by atoms with Crippen molar-refractivity contribution in [2.75, 3.05) is 5.73 Å². The van der Waals surface area contributed by atoms with Crippen molar-refractivity contribution in [3.8, 4) is 33.6 Å². The molecule has 212 valence electrons. The summed E-state index contributed by atoms with van der Waals surface area (Å²) in [6.45, 7) is 0. The van der Waals surface area contributed by atoms with Crippen LogP contribution in [0, 0.1) is 0 Å². The molecule has 0 atom stereocenters. The average molecular weight is 576 g/mol. The van der Waals surface area contributed by atoms with E-state index in [4.69, 9.17) is 5.73 Å². The number of aromatic nitrogens is 2. The third-order valence-corrected chi connectivity index (χ3v) is 9.10. The van der Waals surface area contributed by atoms with E-state index >= 15 is 0 Å². The van der Waals surface area contributed by atoms with Gasteiger partial charge in [0.2, 0.25) is 0 Å². The van der Waals surface area contributed by atoms with Gasteiger partial charge in [-0.25, -0.2) is 0 Å². The Morgan fingerprint density at radius 1 is 0.333 bits per heavy atom. The van der Waals surface area contributed by atoms with E-state index < -0.39 is 0 Å². The van der Waals surface area contributed by atoms with Gasteiger partial charge >= 0.3 is 0 Å². The Morgan fingerprint density at radius 3 is 1.04 bits per heavy atom. The molecule has 3 nitrogen and oxygen atoms in total. The summed E-state index contributed by atoms with van der Waals surface area (Å²) in [4.78, 5) is 0. The minimum atomic E-state index is 0.774. The topological polar surface area (TPSA) is 35.9 Å². The van der Waals surface area contributed by atoms with Crippen LogP contribution in [0.1, 0.15) is 0 Å². The Balaban J connectivity index is 1.18. The summed E-state index contributed by atoms with van der Waals surface area (Å²) >= 11 is 0. The van der Waals surface area contributed by atoms with Crippen LogP contribution in [-0.2, 0) is 0 Å². The number of rotatable bonds is 4. The van der Waals surface area contributed by atoms with E-state index in [2.05, 4.69) is 173 Å². The van der Waals surface area contributed by atoms with Crippen LogP contribution in [0.15, 0.2) is 164 Å². The second-order valence-electron chi connectivity index (χ2n) is 11.6.